The highest BCUT2D eigenvalue weighted by molar-refractivity contribution is 7.89. The standard InChI is InChI=1S/C12H17Cl2N3O2S/c1-17-4-2-9(3-5-17)16-20(18,19)12-10(13)6-8(15)7-11(12)14/h6-7,9,16H,2-5,15H2,1H3. The van der Waals surface area contributed by atoms with Crippen LogP contribution in [0, 0.1) is 0 Å². The second kappa shape index (κ2) is 6.07. The lowest BCUT2D eigenvalue weighted by Crippen LogP contribution is -2.43. The van der Waals surface area contributed by atoms with Gasteiger partial charge >= 0.3 is 0 Å². The molecule has 0 unspecified atom stereocenters. The number of rotatable bonds is 3. The molecule has 0 aliphatic carbocycles. The topological polar surface area (TPSA) is 75.4 Å². The summed E-state index contributed by atoms with van der Waals surface area (Å²) < 4.78 is 27.5. The van der Waals surface area contributed by atoms with Crippen LogP contribution in [0.15, 0.2) is 17.0 Å². The van der Waals surface area contributed by atoms with E-state index < -0.39 is 10.0 Å². The molecule has 0 aromatic heterocycles. The molecule has 1 saturated heterocycles. The fraction of sp³-hybridized carbons (Fsp3) is 0.500. The van der Waals surface area contributed by atoms with Crippen molar-refractivity contribution in [3.05, 3.63) is 22.2 Å². The highest BCUT2D eigenvalue weighted by atomic mass is 35.5. The summed E-state index contributed by atoms with van der Waals surface area (Å²) in [6.45, 7) is 1.72. The van der Waals surface area contributed by atoms with Crippen molar-refractivity contribution in [3.63, 3.8) is 0 Å². The van der Waals surface area contributed by atoms with Crippen LogP contribution in [0.1, 0.15) is 12.8 Å². The minimum Gasteiger partial charge on any atom is -0.399 e. The Hall–Kier alpha value is -0.530. The number of hydrogen-bond acceptors (Lipinski definition) is 4. The van der Waals surface area contributed by atoms with Crippen molar-refractivity contribution in [1.29, 1.82) is 0 Å². The van der Waals surface area contributed by atoms with Crippen LogP contribution in [0.3, 0.4) is 0 Å². The lowest BCUT2D eigenvalue weighted by atomic mass is 10.1. The van der Waals surface area contributed by atoms with Crippen molar-refractivity contribution >= 4 is 38.9 Å². The SMILES string of the molecule is CN1CCC(NS(=O)(=O)c2c(Cl)cc(N)cc2Cl)CC1. The summed E-state index contributed by atoms with van der Waals surface area (Å²) in [5.41, 5.74) is 5.91. The Labute approximate surface area is 129 Å². The van der Waals surface area contributed by atoms with Gasteiger partial charge in [0.05, 0.1) is 10.0 Å². The van der Waals surface area contributed by atoms with E-state index in [9.17, 15) is 8.42 Å². The van der Waals surface area contributed by atoms with Crippen LogP contribution in [-0.4, -0.2) is 39.5 Å². The van der Waals surface area contributed by atoms with E-state index in [0.717, 1.165) is 25.9 Å². The van der Waals surface area contributed by atoms with Gasteiger partial charge in [-0.3, -0.25) is 0 Å². The summed E-state index contributed by atoms with van der Waals surface area (Å²) in [7, 11) is -1.73. The molecule has 1 aromatic rings. The molecule has 0 radical (unpaired) electrons. The van der Waals surface area contributed by atoms with Gasteiger partial charge in [0, 0.05) is 11.7 Å². The average Bonchev–Trinajstić information content (AvgIpc) is 2.30. The summed E-state index contributed by atoms with van der Waals surface area (Å²) in [5.74, 6) is 0. The molecule has 112 valence electrons. The first-order valence-corrected chi connectivity index (χ1v) is 8.49. The van der Waals surface area contributed by atoms with Crippen LogP contribution >= 0.6 is 23.2 Å². The highest BCUT2D eigenvalue weighted by Gasteiger charge is 2.27. The van der Waals surface area contributed by atoms with Crippen LogP contribution in [0.5, 0.6) is 0 Å². The number of nitrogen functional groups attached to an aromatic ring is 1. The van der Waals surface area contributed by atoms with Gasteiger partial charge in [0.1, 0.15) is 4.90 Å². The number of nitrogens with one attached hydrogen (secondary N) is 1. The first-order chi connectivity index (χ1) is 9.29. The molecule has 1 aliphatic rings. The van der Waals surface area contributed by atoms with Crippen molar-refractivity contribution < 1.29 is 8.42 Å². The number of benzene rings is 1. The summed E-state index contributed by atoms with van der Waals surface area (Å²) in [6, 6.07) is 2.67. The molecule has 0 amide bonds. The third-order valence-electron chi connectivity index (χ3n) is 3.33. The summed E-state index contributed by atoms with van der Waals surface area (Å²) in [5, 5.41) is 0.0749. The van der Waals surface area contributed by atoms with E-state index >= 15 is 0 Å². The zero-order valence-electron chi connectivity index (χ0n) is 11.1. The lowest BCUT2D eigenvalue weighted by molar-refractivity contribution is 0.248. The van der Waals surface area contributed by atoms with Gasteiger partial charge in [0.2, 0.25) is 10.0 Å². The second-order valence-corrected chi connectivity index (χ2v) is 7.48. The van der Waals surface area contributed by atoms with Gasteiger partial charge in [0.25, 0.3) is 0 Å². The molecule has 2 rings (SSSR count). The minimum absolute atomic E-state index is 0.0374. The Kier molecular flexibility index (Phi) is 4.81. The molecule has 5 nitrogen and oxygen atoms in total. The molecule has 1 heterocycles. The fourth-order valence-corrected chi connectivity index (χ4v) is 4.78. The van der Waals surface area contributed by atoms with Gasteiger partial charge in [-0.25, -0.2) is 13.1 Å². The first kappa shape index (κ1) is 15.9. The van der Waals surface area contributed by atoms with Crippen molar-refractivity contribution in [3.8, 4) is 0 Å². The van der Waals surface area contributed by atoms with Crippen LogP contribution in [0.4, 0.5) is 5.69 Å². The van der Waals surface area contributed by atoms with Crippen molar-refractivity contribution in [2.75, 3.05) is 25.9 Å². The van der Waals surface area contributed by atoms with Gasteiger partial charge in [-0.15, -0.1) is 0 Å². The predicted molar refractivity (Wildman–Crippen MR) is 81.7 cm³/mol. The van der Waals surface area contributed by atoms with Gasteiger partial charge in [0.15, 0.2) is 0 Å². The molecule has 3 N–H and O–H groups in total. The van der Waals surface area contributed by atoms with Gasteiger partial charge < -0.3 is 10.6 Å². The average molecular weight is 338 g/mol. The maximum absolute atomic E-state index is 12.4. The zero-order valence-corrected chi connectivity index (χ0v) is 13.4. The summed E-state index contributed by atoms with van der Waals surface area (Å²) in [6.07, 6.45) is 1.53. The number of sulfonamides is 1. The largest absolute Gasteiger partial charge is 0.399 e. The molecule has 0 atom stereocenters. The van der Waals surface area contributed by atoms with E-state index in [1.165, 1.54) is 12.1 Å². The number of piperidine rings is 1. The second-order valence-electron chi connectivity index (χ2n) is 5.01. The summed E-state index contributed by atoms with van der Waals surface area (Å²) in [4.78, 5) is 2.06. The predicted octanol–water partition coefficient (Wildman–Crippen LogP) is 1.95. The number of nitrogens with zero attached hydrogens (tertiary/aromatic N) is 1. The first-order valence-electron chi connectivity index (χ1n) is 6.25. The third-order valence-corrected chi connectivity index (χ3v) is 5.77. The molecule has 8 heteroatoms. The van der Waals surface area contributed by atoms with E-state index in [1.54, 1.807) is 0 Å². The molecule has 0 saturated carbocycles. The van der Waals surface area contributed by atoms with E-state index in [0.29, 0.717) is 5.69 Å². The molecular formula is C12H17Cl2N3O2S. The molecule has 20 heavy (non-hydrogen) atoms. The maximum Gasteiger partial charge on any atom is 0.243 e. The Balaban J connectivity index is 2.23. The molecule has 1 fully saturated rings. The lowest BCUT2D eigenvalue weighted by Gasteiger charge is -2.29. The normalized spacial score (nSPS) is 18.4. The monoisotopic (exact) mass is 337 g/mol. The van der Waals surface area contributed by atoms with Crippen LogP contribution in [0.25, 0.3) is 0 Å². The highest BCUT2D eigenvalue weighted by Crippen LogP contribution is 2.32. The van der Waals surface area contributed by atoms with E-state index in [-0.39, 0.29) is 21.0 Å². The Morgan fingerprint density at radius 2 is 1.75 bits per heavy atom. The van der Waals surface area contributed by atoms with Crippen molar-refractivity contribution in [2.24, 2.45) is 0 Å². The minimum atomic E-state index is -3.74. The van der Waals surface area contributed by atoms with Crippen molar-refractivity contribution in [1.82, 2.24) is 9.62 Å². The van der Waals surface area contributed by atoms with Gasteiger partial charge in [-0.05, 0) is 45.1 Å². The third kappa shape index (κ3) is 3.56. The van der Waals surface area contributed by atoms with Gasteiger partial charge in [-0.2, -0.15) is 0 Å². The Morgan fingerprint density at radius 1 is 1.25 bits per heavy atom. The molecule has 1 aliphatic heterocycles. The zero-order chi connectivity index (χ0) is 14.9. The Morgan fingerprint density at radius 3 is 2.25 bits per heavy atom. The smallest absolute Gasteiger partial charge is 0.243 e. The number of hydrogen-bond donors (Lipinski definition) is 2. The van der Waals surface area contributed by atoms with Crippen LogP contribution in [0.2, 0.25) is 10.0 Å². The van der Waals surface area contributed by atoms with E-state index in [4.69, 9.17) is 28.9 Å². The fourth-order valence-electron chi connectivity index (χ4n) is 2.24. The van der Waals surface area contributed by atoms with E-state index in [1.807, 2.05) is 7.05 Å². The molecule has 1 aromatic carbocycles. The number of halogens is 2. The Bertz CT molecular complexity index is 576. The molecular weight excluding hydrogens is 321 g/mol. The van der Waals surface area contributed by atoms with Crippen molar-refractivity contribution in [2.45, 2.75) is 23.8 Å². The maximum atomic E-state index is 12.4. The van der Waals surface area contributed by atoms with E-state index in [2.05, 4.69) is 9.62 Å². The number of nitrogens with two attached hydrogens (primary N) is 1. The summed E-state index contributed by atoms with van der Waals surface area (Å²) >= 11 is 11.9. The number of likely N-dealkylation sites (tertiary alicyclic amines) is 1. The number of anilines is 1. The quantitative estimate of drug-likeness (QED) is 0.826. The molecule has 0 bridgehead atoms. The molecule has 0 spiro atoms. The van der Waals surface area contributed by atoms with Gasteiger partial charge in [-0.1, -0.05) is 23.2 Å². The van der Waals surface area contributed by atoms with Crippen LogP contribution in [-0.2, 0) is 10.0 Å². The van der Waals surface area contributed by atoms with Crippen LogP contribution < -0.4 is 10.5 Å².